The molecule has 1 saturated heterocycles. The average Bonchev–Trinajstić information content (AvgIpc) is 2.98. The molecule has 7 nitrogen and oxygen atoms in total. The second-order valence-electron chi connectivity index (χ2n) is 7.76. The van der Waals surface area contributed by atoms with E-state index in [0.717, 1.165) is 23.3 Å². The number of likely N-dealkylation sites (tertiary alicyclic amines) is 1. The number of carbonyl (C=O) groups excluding carboxylic acids is 4. The Morgan fingerprint density at radius 3 is 2.33 bits per heavy atom. The molecule has 1 N–H and O–H groups in total. The highest BCUT2D eigenvalue weighted by molar-refractivity contribution is 6.21. The van der Waals surface area contributed by atoms with Crippen LogP contribution < -0.4 is 5.32 Å². The van der Waals surface area contributed by atoms with E-state index < -0.39 is 0 Å². The molecule has 0 unspecified atom stereocenters. The van der Waals surface area contributed by atoms with E-state index in [1.165, 1.54) is 7.05 Å². The van der Waals surface area contributed by atoms with Crippen LogP contribution in [-0.4, -0.2) is 60.0 Å². The van der Waals surface area contributed by atoms with Gasteiger partial charge in [0.1, 0.15) is 0 Å². The first-order valence-electron chi connectivity index (χ1n) is 10.0. The summed E-state index contributed by atoms with van der Waals surface area (Å²) in [6.45, 7) is 1.58. The van der Waals surface area contributed by atoms with Gasteiger partial charge in [-0.15, -0.1) is 0 Å². The van der Waals surface area contributed by atoms with Crippen LogP contribution >= 0.6 is 0 Å². The Morgan fingerprint density at radius 2 is 1.63 bits per heavy atom. The van der Waals surface area contributed by atoms with Gasteiger partial charge >= 0.3 is 0 Å². The Hall–Kier alpha value is -3.32. The molecule has 3 amide bonds. The molecule has 2 heterocycles. The zero-order valence-corrected chi connectivity index (χ0v) is 16.8. The Balaban J connectivity index is 1.30. The van der Waals surface area contributed by atoms with Crippen molar-refractivity contribution in [2.45, 2.75) is 12.8 Å². The zero-order chi connectivity index (χ0) is 21.3. The standard InChI is InChI=1S/C23H23N3O4/c1-25-22(29)18-8-7-17(13-19(18)23(25)30)24-20(27)14-26-11-9-16(10-12-26)21(28)15-5-3-2-4-6-15/h2-8,13,16H,9-12,14H2,1H3,(H,24,27). The summed E-state index contributed by atoms with van der Waals surface area (Å²) >= 11 is 0. The lowest BCUT2D eigenvalue weighted by Gasteiger charge is -2.30. The molecule has 0 bridgehead atoms. The smallest absolute Gasteiger partial charge is 0.261 e. The van der Waals surface area contributed by atoms with Gasteiger partial charge in [-0.1, -0.05) is 30.3 Å². The molecule has 0 saturated carbocycles. The summed E-state index contributed by atoms with van der Waals surface area (Å²) in [7, 11) is 1.44. The summed E-state index contributed by atoms with van der Waals surface area (Å²) in [6.07, 6.45) is 1.45. The van der Waals surface area contributed by atoms with Crippen LogP contribution in [0.15, 0.2) is 48.5 Å². The van der Waals surface area contributed by atoms with Crippen molar-refractivity contribution in [2.75, 3.05) is 32.0 Å². The molecule has 1 fully saturated rings. The summed E-state index contributed by atoms with van der Waals surface area (Å²) in [6, 6.07) is 14.1. The molecule has 0 spiro atoms. The lowest BCUT2D eigenvalue weighted by molar-refractivity contribution is -0.117. The molecule has 154 valence electrons. The highest BCUT2D eigenvalue weighted by atomic mass is 16.2. The van der Waals surface area contributed by atoms with Gasteiger partial charge in [-0.3, -0.25) is 29.0 Å². The minimum atomic E-state index is -0.365. The normalized spacial score (nSPS) is 17.2. The first kappa shape index (κ1) is 20.0. The van der Waals surface area contributed by atoms with Crippen LogP contribution in [0.3, 0.4) is 0 Å². The van der Waals surface area contributed by atoms with Crippen LogP contribution in [-0.2, 0) is 4.79 Å². The van der Waals surface area contributed by atoms with Crippen LogP contribution in [0, 0.1) is 5.92 Å². The van der Waals surface area contributed by atoms with Gasteiger partial charge in [0.2, 0.25) is 5.91 Å². The number of amides is 3. The van der Waals surface area contributed by atoms with Gasteiger partial charge in [0.25, 0.3) is 11.8 Å². The number of imide groups is 1. The molecule has 0 aliphatic carbocycles. The van der Waals surface area contributed by atoms with E-state index in [-0.39, 0.29) is 36.0 Å². The molecule has 2 aliphatic rings. The average molecular weight is 405 g/mol. The number of Topliss-reactive ketones (excluding diaryl/α,β-unsaturated/α-hetero) is 1. The fourth-order valence-corrected chi connectivity index (χ4v) is 4.03. The van der Waals surface area contributed by atoms with E-state index in [2.05, 4.69) is 5.32 Å². The fraction of sp³-hybridized carbons (Fsp3) is 0.304. The van der Waals surface area contributed by atoms with Crippen LogP contribution in [0.4, 0.5) is 5.69 Å². The van der Waals surface area contributed by atoms with Gasteiger partial charge < -0.3 is 5.32 Å². The fourth-order valence-electron chi connectivity index (χ4n) is 4.03. The van der Waals surface area contributed by atoms with Crippen LogP contribution in [0.25, 0.3) is 0 Å². The zero-order valence-electron chi connectivity index (χ0n) is 16.8. The van der Waals surface area contributed by atoms with Gasteiger partial charge in [0, 0.05) is 24.2 Å². The number of benzene rings is 2. The number of fused-ring (bicyclic) bond motifs is 1. The molecule has 0 aromatic heterocycles. The minimum absolute atomic E-state index is 0.0102. The lowest BCUT2D eigenvalue weighted by Crippen LogP contribution is -2.40. The third-order valence-electron chi connectivity index (χ3n) is 5.76. The van der Waals surface area contributed by atoms with E-state index in [1.807, 2.05) is 35.2 Å². The van der Waals surface area contributed by atoms with Gasteiger partial charge in [-0.05, 0) is 44.1 Å². The summed E-state index contributed by atoms with van der Waals surface area (Å²) in [5.74, 6) is -0.726. The van der Waals surface area contributed by atoms with Crippen LogP contribution in [0.1, 0.15) is 43.9 Å². The number of nitrogens with zero attached hydrogens (tertiary/aromatic N) is 2. The summed E-state index contributed by atoms with van der Waals surface area (Å²) in [5.41, 5.74) is 1.89. The summed E-state index contributed by atoms with van der Waals surface area (Å²) in [4.78, 5) is 52.2. The molecule has 0 radical (unpaired) electrons. The number of ketones is 1. The van der Waals surface area contributed by atoms with Crippen molar-refractivity contribution in [3.63, 3.8) is 0 Å². The van der Waals surface area contributed by atoms with Gasteiger partial charge in [-0.25, -0.2) is 0 Å². The molecule has 2 aromatic carbocycles. The number of hydrogen-bond acceptors (Lipinski definition) is 5. The maximum absolute atomic E-state index is 12.6. The molecule has 2 aliphatic heterocycles. The number of nitrogens with one attached hydrogen (secondary N) is 1. The SMILES string of the molecule is CN1C(=O)c2ccc(NC(=O)CN3CCC(C(=O)c4ccccc4)CC3)cc2C1=O. The summed E-state index contributed by atoms with van der Waals surface area (Å²) < 4.78 is 0. The van der Waals surface area contributed by atoms with Gasteiger partial charge in [0.05, 0.1) is 17.7 Å². The molecule has 7 heteroatoms. The van der Waals surface area contributed by atoms with Crippen LogP contribution in [0.5, 0.6) is 0 Å². The van der Waals surface area contributed by atoms with Gasteiger partial charge in [0.15, 0.2) is 5.78 Å². The number of rotatable bonds is 5. The topological polar surface area (TPSA) is 86.8 Å². The van der Waals surface area contributed by atoms with Crippen LogP contribution in [0.2, 0.25) is 0 Å². The molecule has 30 heavy (non-hydrogen) atoms. The van der Waals surface area contributed by atoms with E-state index >= 15 is 0 Å². The van der Waals surface area contributed by atoms with Crippen molar-refractivity contribution in [1.29, 1.82) is 0 Å². The van der Waals surface area contributed by atoms with Crippen molar-refractivity contribution >= 4 is 29.2 Å². The van der Waals surface area contributed by atoms with E-state index in [0.29, 0.717) is 29.9 Å². The maximum atomic E-state index is 12.6. The Morgan fingerprint density at radius 1 is 0.967 bits per heavy atom. The van der Waals surface area contributed by atoms with E-state index in [9.17, 15) is 19.2 Å². The van der Waals surface area contributed by atoms with E-state index in [4.69, 9.17) is 0 Å². The highest BCUT2D eigenvalue weighted by Gasteiger charge is 2.33. The van der Waals surface area contributed by atoms with Crippen molar-refractivity contribution in [2.24, 2.45) is 5.92 Å². The Kier molecular flexibility index (Phi) is 5.46. The third kappa shape index (κ3) is 3.89. The van der Waals surface area contributed by atoms with E-state index in [1.54, 1.807) is 18.2 Å². The largest absolute Gasteiger partial charge is 0.325 e. The third-order valence-corrected chi connectivity index (χ3v) is 5.76. The van der Waals surface area contributed by atoms with Crippen molar-refractivity contribution in [3.05, 3.63) is 65.2 Å². The maximum Gasteiger partial charge on any atom is 0.261 e. The molecular weight excluding hydrogens is 382 g/mol. The van der Waals surface area contributed by atoms with Crippen molar-refractivity contribution in [1.82, 2.24) is 9.80 Å². The predicted molar refractivity (Wildman–Crippen MR) is 111 cm³/mol. The first-order chi connectivity index (χ1) is 14.4. The Bertz CT molecular complexity index is 1010. The number of hydrogen-bond donors (Lipinski definition) is 1. The van der Waals surface area contributed by atoms with Crippen molar-refractivity contribution < 1.29 is 19.2 Å². The molecule has 0 atom stereocenters. The minimum Gasteiger partial charge on any atom is -0.325 e. The Labute approximate surface area is 174 Å². The second kappa shape index (κ2) is 8.20. The quantitative estimate of drug-likeness (QED) is 0.610. The number of carbonyl (C=O) groups is 4. The van der Waals surface area contributed by atoms with Crippen molar-refractivity contribution in [3.8, 4) is 0 Å². The summed E-state index contributed by atoms with van der Waals surface area (Å²) in [5, 5.41) is 2.80. The second-order valence-corrected chi connectivity index (χ2v) is 7.76. The molecular formula is C23H23N3O4. The highest BCUT2D eigenvalue weighted by Crippen LogP contribution is 2.25. The predicted octanol–water partition coefficient (Wildman–Crippen LogP) is 2.45. The first-order valence-corrected chi connectivity index (χ1v) is 10.0. The number of piperidine rings is 1. The molecule has 4 rings (SSSR count). The molecule has 2 aromatic rings. The monoisotopic (exact) mass is 405 g/mol. The van der Waals surface area contributed by atoms with Gasteiger partial charge in [-0.2, -0.15) is 0 Å². The lowest BCUT2D eigenvalue weighted by atomic mass is 9.89. The number of anilines is 1.